The lowest BCUT2D eigenvalue weighted by molar-refractivity contribution is 0.454. The van der Waals surface area contributed by atoms with Crippen LogP contribution < -0.4 is 4.65 Å². The largest absolute Gasteiger partial charge is 0.569 e. The minimum absolute atomic E-state index is 0.596. The predicted octanol–water partition coefficient (Wildman–Crippen LogP) is 7.90. The Kier molecular flexibility index (Phi) is 5.54. The molecule has 0 atom stereocenters. The fraction of sp³-hybridized carbons (Fsp3) is 0. The van der Waals surface area contributed by atoms with E-state index in [2.05, 4.69) is 97.1 Å². The number of benzene rings is 6. The van der Waals surface area contributed by atoms with E-state index in [-0.39, 0.29) is 0 Å². The molecule has 0 aliphatic heterocycles. The van der Waals surface area contributed by atoms with Crippen molar-refractivity contribution in [2.75, 3.05) is 0 Å². The van der Waals surface area contributed by atoms with Crippen molar-refractivity contribution in [2.45, 2.75) is 0 Å². The maximum atomic E-state index is 8.97. The van der Waals surface area contributed by atoms with Gasteiger partial charge in [-0.15, -0.1) is 0 Å². The highest BCUT2D eigenvalue weighted by atomic mass is 16.5. The smallest absolute Gasteiger partial charge is 0.537 e. The number of rotatable bonds is 5. The van der Waals surface area contributed by atoms with Crippen LogP contribution in [-0.4, -0.2) is 12.7 Å². The Morgan fingerprint density at radius 1 is 0.429 bits per heavy atom. The summed E-state index contributed by atoms with van der Waals surface area (Å²) in [4.78, 5) is 0. The van der Waals surface area contributed by atoms with Gasteiger partial charge in [0.25, 0.3) is 0 Å². The summed E-state index contributed by atoms with van der Waals surface area (Å²) in [6.07, 6.45) is 0. The summed E-state index contributed by atoms with van der Waals surface area (Å²) in [5.41, 5.74) is 7.16. The van der Waals surface area contributed by atoms with E-state index in [4.69, 9.17) is 9.68 Å². The standard InChI is InChI=1S/C32H22BO2/c34-33-35-26-19-17-23(18-20-26)31-27-13-4-6-15-29(27)32(30-16-7-5-14-28(30)31)25-12-8-11-24(21-25)22-9-2-1-3-10-22/h1-21,34H. The molecule has 165 valence electrons. The molecule has 1 radical (unpaired) electrons. The summed E-state index contributed by atoms with van der Waals surface area (Å²) in [7, 11) is 0.707. The van der Waals surface area contributed by atoms with Crippen LogP contribution in [0.5, 0.6) is 5.75 Å². The highest BCUT2D eigenvalue weighted by molar-refractivity contribution is 6.21. The highest BCUT2D eigenvalue weighted by Gasteiger charge is 2.16. The van der Waals surface area contributed by atoms with Gasteiger partial charge in [0.1, 0.15) is 5.75 Å². The van der Waals surface area contributed by atoms with Gasteiger partial charge in [0.2, 0.25) is 0 Å². The summed E-state index contributed by atoms with van der Waals surface area (Å²) in [5.74, 6) is 0.596. The van der Waals surface area contributed by atoms with E-state index < -0.39 is 0 Å². The van der Waals surface area contributed by atoms with Gasteiger partial charge < -0.3 is 9.68 Å². The fourth-order valence-electron chi connectivity index (χ4n) is 5.00. The molecule has 0 bridgehead atoms. The summed E-state index contributed by atoms with van der Waals surface area (Å²) in [5, 5.41) is 13.8. The van der Waals surface area contributed by atoms with Gasteiger partial charge in [0.05, 0.1) is 0 Å². The first kappa shape index (κ1) is 21.2. The minimum atomic E-state index is 0.596. The Hall–Kier alpha value is -4.34. The maximum Gasteiger partial charge on any atom is 0.569 e. The number of fused-ring (bicyclic) bond motifs is 2. The Morgan fingerprint density at radius 3 is 1.49 bits per heavy atom. The van der Waals surface area contributed by atoms with Crippen molar-refractivity contribution in [3.05, 3.63) is 127 Å². The third kappa shape index (κ3) is 3.86. The van der Waals surface area contributed by atoms with E-state index in [1.165, 1.54) is 49.4 Å². The first-order chi connectivity index (χ1) is 17.3. The lowest BCUT2D eigenvalue weighted by Crippen LogP contribution is -1.99. The van der Waals surface area contributed by atoms with Crippen molar-refractivity contribution in [3.8, 4) is 39.1 Å². The van der Waals surface area contributed by atoms with Crippen LogP contribution in [0.25, 0.3) is 54.9 Å². The number of hydrogen-bond donors (Lipinski definition) is 1. The first-order valence-electron chi connectivity index (χ1n) is 11.7. The molecular weight excluding hydrogens is 427 g/mol. The molecule has 0 heterocycles. The van der Waals surface area contributed by atoms with E-state index in [1.807, 2.05) is 30.3 Å². The third-order valence-corrected chi connectivity index (χ3v) is 6.52. The molecule has 1 N–H and O–H groups in total. The van der Waals surface area contributed by atoms with E-state index in [0.717, 1.165) is 5.56 Å². The van der Waals surface area contributed by atoms with Crippen LogP contribution in [0.2, 0.25) is 0 Å². The van der Waals surface area contributed by atoms with Gasteiger partial charge in [-0.1, -0.05) is 109 Å². The molecular formula is C32H22BO2. The van der Waals surface area contributed by atoms with E-state index >= 15 is 0 Å². The van der Waals surface area contributed by atoms with Gasteiger partial charge in [-0.25, -0.2) is 0 Å². The van der Waals surface area contributed by atoms with Crippen molar-refractivity contribution in [3.63, 3.8) is 0 Å². The molecule has 0 saturated carbocycles. The maximum absolute atomic E-state index is 8.97. The van der Waals surface area contributed by atoms with Gasteiger partial charge in [-0.3, -0.25) is 0 Å². The quantitative estimate of drug-likeness (QED) is 0.214. The average Bonchev–Trinajstić information content (AvgIpc) is 2.93. The molecule has 0 unspecified atom stereocenters. The molecule has 0 aromatic heterocycles. The van der Waals surface area contributed by atoms with Crippen molar-refractivity contribution >= 4 is 29.2 Å². The molecule has 35 heavy (non-hydrogen) atoms. The zero-order valence-corrected chi connectivity index (χ0v) is 19.1. The van der Waals surface area contributed by atoms with Gasteiger partial charge in [-0.05, 0) is 73.1 Å². The molecule has 0 fully saturated rings. The van der Waals surface area contributed by atoms with E-state index in [0.29, 0.717) is 13.4 Å². The van der Waals surface area contributed by atoms with Crippen molar-refractivity contribution in [1.82, 2.24) is 0 Å². The predicted molar refractivity (Wildman–Crippen MR) is 146 cm³/mol. The van der Waals surface area contributed by atoms with Crippen LogP contribution in [0.3, 0.4) is 0 Å². The molecule has 0 spiro atoms. The summed E-state index contributed by atoms with van der Waals surface area (Å²) in [6.45, 7) is 0. The molecule has 0 aliphatic carbocycles. The Morgan fingerprint density at radius 2 is 0.914 bits per heavy atom. The second-order valence-electron chi connectivity index (χ2n) is 8.54. The Balaban J connectivity index is 1.64. The van der Waals surface area contributed by atoms with Crippen LogP contribution in [0.1, 0.15) is 0 Å². The van der Waals surface area contributed by atoms with Gasteiger partial charge in [0.15, 0.2) is 0 Å². The number of hydrogen-bond acceptors (Lipinski definition) is 2. The first-order valence-corrected chi connectivity index (χ1v) is 11.7. The molecule has 3 heteroatoms. The highest BCUT2D eigenvalue weighted by Crippen LogP contribution is 2.44. The van der Waals surface area contributed by atoms with E-state index in [1.54, 1.807) is 0 Å². The Bertz CT molecular complexity index is 1580. The second kappa shape index (κ2) is 9.13. The topological polar surface area (TPSA) is 29.5 Å². The van der Waals surface area contributed by atoms with Crippen molar-refractivity contribution in [2.24, 2.45) is 0 Å². The fourth-order valence-corrected chi connectivity index (χ4v) is 5.00. The molecule has 2 nitrogen and oxygen atoms in total. The van der Waals surface area contributed by atoms with Crippen molar-refractivity contribution < 1.29 is 9.68 Å². The third-order valence-electron chi connectivity index (χ3n) is 6.52. The van der Waals surface area contributed by atoms with Gasteiger partial charge in [0, 0.05) is 0 Å². The monoisotopic (exact) mass is 449 g/mol. The zero-order valence-electron chi connectivity index (χ0n) is 19.1. The second-order valence-corrected chi connectivity index (χ2v) is 8.54. The zero-order chi connectivity index (χ0) is 23.6. The Labute approximate surface area is 205 Å². The van der Waals surface area contributed by atoms with Crippen LogP contribution in [0.4, 0.5) is 0 Å². The lowest BCUT2D eigenvalue weighted by atomic mass is 9.85. The molecule has 6 aromatic carbocycles. The van der Waals surface area contributed by atoms with Gasteiger partial charge in [-0.2, -0.15) is 0 Å². The van der Waals surface area contributed by atoms with Gasteiger partial charge >= 0.3 is 7.69 Å². The molecule has 0 saturated heterocycles. The molecule has 0 amide bonds. The normalized spacial score (nSPS) is 11.0. The molecule has 0 aliphatic rings. The average molecular weight is 449 g/mol. The summed E-state index contributed by atoms with van der Waals surface area (Å²) >= 11 is 0. The van der Waals surface area contributed by atoms with E-state index in [9.17, 15) is 0 Å². The minimum Gasteiger partial charge on any atom is -0.537 e. The molecule has 6 aromatic rings. The van der Waals surface area contributed by atoms with Crippen LogP contribution in [0.15, 0.2) is 127 Å². The van der Waals surface area contributed by atoms with Crippen LogP contribution in [-0.2, 0) is 0 Å². The van der Waals surface area contributed by atoms with Crippen LogP contribution in [0, 0.1) is 0 Å². The lowest BCUT2D eigenvalue weighted by Gasteiger charge is -2.18. The molecule has 6 rings (SSSR count). The SMILES string of the molecule is O[B]Oc1ccc(-c2c3ccccc3c(-c3cccc(-c4ccccc4)c3)c3ccccc23)cc1. The summed E-state index contributed by atoms with van der Waals surface area (Å²) in [6, 6.07) is 44.4. The summed E-state index contributed by atoms with van der Waals surface area (Å²) < 4.78 is 5.13. The van der Waals surface area contributed by atoms with Crippen molar-refractivity contribution in [1.29, 1.82) is 0 Å². The van der Waals surface area contributed by atoms with Crippen LogP contribution >= 0.6 is 0 Å².